The molecule has 4 nitrogen and oxygen atoms in total. The number of nitrogens with one attached hydrogen (secondary N) is 1. The lowest BCUT2D eigenvalue weighted by Crippen LogP contribution is -1.96. The maximum Gasteiger partial charge on any atom is 0.143 e. The first kappa shape index (κ1) is 20.1. The summed E-state index contributed by atoms with van der Waals surface area (Å²) in [6.45, 7) is 6.91. The van der Waals surface area contributed by atoms with Gasteiger partial charge in [-0.3, -0.25) is 0 Å². The van der Waals surface area contributed by atoms with Crippen LogP contribution >= 0.6 is 23.7 Å². The first-order valence-electron chi connectivity index (χ1n) is 8.95. The zero-order valence-corrected chi connectivity index (χ0v) is 17.7. The molecule has 0 saturated heterocycles. The van der Waals surface area contributed by atoms with E-state index in [0.29, 0.717) is 6.61 Å². The number of benzene rings is 2. The van der Waals surface area contributed by atoms with Gasteiger partial charge in [0.25, 0.3) is 0 Å². The van der Waals surface area contributed by atoms with Gasteiger partial charge >= 0.3 is 0 Å². The summed E-state index contributed by atoms with van der Waals surface area (Å²) in [5.41, 5.74) is 5.89. The van der Waals surface area contributed by atoms with Crippen molar-refractivity contribution in [2.75, 3.05) is 11.9 Å². The van der Waals surface area contributed by atoms with E-state index in [4.69, 9.17) is 4.74 Å². The Morgan fingerprint density at radius 3 is 2.50 bits per heavy atom. The number of fused-ring (bicyclic) bond motifs is 1. The fraction of sp³-hybridized carbons (Fsp3) is 0.182. The third kappa shape index (κ3) is 3.96. The Kier molecular flexibility index (Phi) is 6.17. The summed E-state index contributed by atoms with van der Waals surface area (Å²) < 4.78 is 5.51. The number of thiophene rings is 1. The molecule has 0 aliphatic rings. The van der Waals surface area contributed by atoms with Crippen LogP contribution in [0.5, 0.6) is 5.75 Å². The maximum absolute atomic E-state index is 5.51. The van der Waals surface area contributed by atoms with Crippen molar-refractivity contribution >= 4 is 45.5 Å². The van der Waals surface area contributed by atoms with Crippen LogP contribution < -0.4 is 10.1 Å². The third-order valence-electron chi connectivity index (χ3n) is 4.62. The average molecular weight is 412 g/mol. The molecule has 0 saturated carbocycles. The molecule has 0 aliphatic carbocycles. The van der Waals surface area contributed by atoms with Gasteiger partial charge in [-0.05, 0) is 61.7 Å². The van der Waals surface area contributed by atoms with Crippen molar-refractivity contribution in [2.24, 2.45) is 0 Å². The summed E-state index contributed by atoms with van der Waals surface area (Å²) in [6, 6.07) is 14.5. The summed E-state index contributed by atoms with van der Waals surface area (Å²) in [5.74, 6) is 1.68. The monoisotopic (exact) mass is 411 g/mol. The zero-order valence-electron chi connectivity index (χ0n) is 16.0. The van der Waals surface area contributed by atoms with Gasteiger partial charge in [-0.15, -0.1) is 23.7 Å². The van der Waals surface area contributed by atoms with Crippen LogP contribution in [0.25, 0.3) is 21.3 Å². The van der Waals surface area contributed by atoms with Crippen molar-refractivity contribution in [3.63, 3.8) is 0 Å². The number of anilines is 2. The van der Waals surface area contributed by atoms with Crippen molar-refractivity contribution in [3.8, 4) is 16.9 Å². The lowest BCUT2D eigenvalue weighted by molar-refractivity contribution is 0.340. The SMILES string of the molecule is CCOc1ccc(Nc2ncnc3scc(-c4ccc(C)c(C)c4)c23)cc1.Cl. The van der Waals surface area contributed by atoms with Gasteiger partial charge in [0.1, 0.15) is 22.7 Å². The molecule has 2 aromatic heterocycles. The first-order chi connectivity index (χ1) is 13.2. The molecule has 6 heteroatoms. The molecule has 0 radical (unpaired) electrons. The molecule has 0 unspecified atom stereocenters. The van der Waals surface area contributed by atoms with Crippen molar-refractivity contribution in [1.29, 1.82) is 0 Å². The zero-order chi connectivity index (χ0) is 18.8. The molecule has 1 N–H and O–H groups in total. The summed E-state index contributed by atoms with van der Waals surface area (Å²) >= 11 is 1.64. The van der Waals surface area contributed by atoms with Crippen LogP contribution in [0.4, 0.5) is 11.5 Å². The van der Waals surface area contributed by atoms with Crippen molar-refractivity contribution in [2.45, 2.75) is 20.8 Å². The Morgan fingerprint density at radius 1 is 1.00 bits per heavy atom. The summed E-state index contributed by atoms with van der Waals surface area (Å²) in [5, 5.41) is 6.65. The number of rotatable bonds is 5. The summed E-state index contributed by atoms with van der Waals surface area (Å²) in [7, 11) is 0. The second kappa shape index (κ2) is 8.59. The van der Waals surface area contributed by atoms with E-state index in [1.807, 2.05) is 31.2 Å². The van der Waals surface area contributed by atoms with Gasteiger partial charge in [0.2, 0.25) is 0 Å². The van der Waals surface area contributed by atoms with E-state index >= 15 is 0 Å². The van der Waals surface area contributed by atoms with Crippen LogP contribution in [0, 0.1) is 13.8 Å². The number of hydrogen-bond acceptors (Lipinski definition) is 5. The summed E-state index contributed by atoms with van der Waals surface area (Å²) in [6.07, 6.45) is 1.61. The molecule has 0 spiro atoms. The highest BCUT2D eigenvalue weighted by molar-refractivity contribution is 7.17. The lowest BCUT2D eigenvalue weighted by Gasteiger charge is -2.10. The predicted molar refractivity (Wildman–Crippen MR) is 120 cm³/mol. The van der Waals surface area contributed by atoms with E-state index in [1.165, 1.54) is 16.7 Å². The van der Waals surface area contributed by atoms with Gasteiger partial charge in [-0.25, -0.2) is 9.97 Å². The van der Waals surface area contributed by atoms with Gasteiger partial charge < -0.3 is 10.1 Å². The van der Waals surface area contributed by atoms with Crippen LogP contribution in [-0.4, -0.2) is 16.6 Å². The van der Waals surface area contributed by atoms with Gasteiger partial charge in [0.15, 0.2) is 0 Å². The third-order valence-corrected chi connectivity index (χ3v) is 5.50. The number of halogens is 1. The average Bonchev–Trinajstić information content (AvgIpc) is 3.11. The first-order valence-corrected chi connectivity index (χ1v) is 9.83. The fourth-order valence-corrected chi connectivity index (χ4v) is 3.95. The standard InChI is InChI=1S/C22H21N3OS.ClH/c1-4-26-18-9-7-17(8-10-18)25-21-20-19(12-27-22(20)24-13-23-21)16-6-5-14(2)15(3)11-16;/h5-13H,4H2,1-3H3,(H,23,24,25);1H. The van der Waals surface area contributed by atoms with E-state index in [0.717, 1.165) is 33.0 Å². The van der Waals surface area contributed by atoms with E-state index in [-0.39, 0.29) is 12.4 Å². The Balaban J connectivity index is 0.00000225. The number of ether oxygens (including phenoxy) is 1. The molecule has 0 aliphatic heterocycles. The van der Waals surface area contributed by atoms with E-state index in [2.05, 4.69) is 52.7 Å². The van der Waals surface area contributed by atoms with E-state index in [9.17, 15) is 0 Å². The second-order valence-corrected chi connectivity index (χ2v) is 7.29. The van der Waals surface area contributed by atoms with E-state index < -0.39 is 0 Å². The highest BCUT2D eigenvalue weighted by Gasteiger charge is 2.14. The smallest absolute Gasteiger partial charge is 0.143 e. The predicted octanol–water partition coefficient (Wildman–Crippen LogP) is 6.54. The van der Waals surface area contributed by atoms with Gasteiger partial charge in [0, 0.05) is 16.6 Å². The molecule has 0 amide bonds. The molecule has 2 aromatic carbocycles. The number of aromatic nitrogens is 2. The summed E-state index contributed by atoms with van der Waals surface area (Å²) in [4.78, 5) is 9.95. The topological polar surface area (TPSA) is 47.0 Å². The quantitative estimate of drug-likeness (QED) is 0.405. The molecule has 4 rings (SSSR count). The number of nitrogens with zero attached hydrogens (tertiary/aromatic N) is 2. The molecule has 144 valence electrons. The second-order valence-electron chi connectivity index (χ2n) is 6.43. The number of aryl methyl sites for hydroxylation is 2. The highest BCUT2D eigenvalue weighted by atomic mass is 35.5. The Hall–Kier alpha value is -2.63. The van der Waals surface area contributed by atoms with E-state index in [1.54, 1.807) is 17.7 Å². The number of hydrogen-bond donors (Lipinski definition) is 1. The molecular formula is C22H22ClN3OS. The lowest BCUT2D eigenvalue weighted by atomic mass is 10.0. The molecule has 2 heterocycles. The van der Waals surface area contributed by atoms with Crippen molar-refractivity contribution in [1.82, 2.24) is 9.97 Å². The normalized spacial score (nSPS) is 10.5. The molecule has 0 fully saturated rings. The van der Waals surface area contributed by atoms with Crippen LogP contribution in [0.1, 0.15) is 18.1 Å². The van der Waals surface area contributed by atoms with Gasteiger partial charge in [0.05, 0.1) is 12.0 Å². The van der Waals surface area contributed by atoms with Crippen LogP contribution in [0.2, 0.25) is 0 Å². The minimum atomic E-state index is 0. The fourth-order valence-electron chi connectivity index (χ4n) is 3.03. The maximum atomic E-state index is 5.51. The Bertz CT molecular complexity index is 1090. The van der Waals surface area contributed by atoms with Gasteiger partial charge in [-0.2, -0.15) is 0 Å². The molecular weight excluding hydrogens is 390 g/mol. The Labute approximate surface area is 175 Å². The largest absolute Gasteiger partial charge is 0.494 e. The Morgan fingerprint density at radius 2 is 1.79 bits per heavy atom. The minimum Gasteiger partial charge on any atom is -0.494 e. The van der Waals surface area contributed by atoms with Crippen LogP contribution in [0.3, 0.4) is 0 Å². The van der Waals surface area contributed by atoms with Crippen molar-refractivity contribution in [3.05, 3.63) is 65.3 Å². The molecule has 28 heavy (non-hydrogen) atoms. The van der Waals surface area contributed by atoms with Gasteiger partial charge in [-0.1, -0.05) is 18.2 Å². The molecule has 0 bridgehead atoms. The minimum absolute atomic E-state index is 0. The molecule has 4 aromatic rings. The molecule has 0 atom stereocenters. The van der Waals surface area contributed by atoms with Crippen LogP contribution in [0.15, 0.2) is 54.2 Å². The van der Waals surface area contributed by atoms with Crippen LogP contribution in [-0.2, 0) is 0 Å². The highest BCUT2D eigenvalue weighted by Crippen LogP contribution is 2.38. The van der Waals surface area contributed by atoms with Crippen molar-refractivity contribution < 1.29 is 4.74 Å².